The van der Waals surface area contributed by atoms with Gasteiger partial charge in [0.2, 0.25) is 5.95 Å². The summed E-state index contributed by atoms with van der Waals surface area (Å²) in [6.07, 6.45) is 2.98. The molecule has 1 saturated heterocycles. The number of hydrogen-bond acceptors (Lipinski definition) is 6. The third-order valence-corrected chi connectivity index (χ3v) is 6.56. The molecule has 10 heteroatoms. The molecule has 1 aliphatic rings. The summed E-state index contributed by atoms with van der Waals surface area (Å²) < 4.78 is 5.44. The zero-order chi connectivity index (χ0) is 28.7. The van der Waals surface area contributed by atoms with Crippen LogP contribution in [0.2, 0.25) is 0 Å². The molecule has 0 spiro atoms. The van der Waals surface area contributed by atoms with E-state index < -0.39 is 11.0 Å². The standard InChI is InChI=1S/C26H37N7O3.C2H6/c1-17(2)26(6,20-9-7-18(8-10-20)19-15-29-22(27)30-16-19)21(34)31-23(28)32-11-13-33(14-12-32)24(35)36-25(3,4)5;1-2/h7-10,15-17H,11-14H2,1-6H3,(H2,27,29,30)(H2,28,31,34);1-2H3. The van der Waals surface area contributed by atoms with Crippen molar-refractivity contribution in [3.05, 3.63) is 42.2 Å². The molecule has 1 aliphatic heterocycles. The lowest BCUT2D eigenvalue weighted by molar-refractivity contribution is -0.124. The summed E-state index contributed by atoms with van der Waals surface area (Å²) in [5.41, 5.74) is 13.0. The number of carbonyl (C=O) groups is 2. The number of nitrogens with zero attached hydrogens (tertiary/aromatic N) is 5. The predicted molar refractivity (Wildman–Crippen MR) is 151 cm³/mol. The number of benzene rings is 1. The average Bonchev–Trinajstić information content (AvgIpc) is 2.88. The number of ether oxygens (including phenoxy) is 1. The lowest BCUT2D eigenvalue weighted by atomic mass is 9.72. The second kappa shape index (κ2) is 12.7. The lowest BCUT2D eigenvalue weighted by Gasteiger charge is -2.36. The lowest BCUT2D eigenvalue weighted by Crippen LogP contribution is -2.54. The number of hydrogen-bond donors (Lipinski definition) is 2. The molecular weight excluding hydrogens is 482 g/mol. The molecule has 2 amide bonds. The van der Waals surface area contributed by atoms with Crippen molar-refractivity contribution in [2.75, 3.05) is 31.9 Å². The third-order valence-electron chi connectivity index (χ3n) is 6.56. The van der Waals surface area contributed by atoms with E-state index in [1.165, 1.54) is 0 Å². The summed E-state index contributed by atoms with van der Waals surface area (Å²) in [6.45, 7) is 17.2. The molecular formula is C28H43N7O3. The van der Waals surface area contributed by atoms with E-state index in [2.05, 4.69) is 15.0 Å². The van der Waals surface area contributed by atoms with Gasteiger partial charge in [-0.05, 0) is 44.7 Å². The summed E-state index contributed by atoms with van der Waals surface area (Å²) in [4.78, 5) is 41.6. The molecule has 1 aromatic heterocycles. The number of piperazine rings is 1. The maximum atomic E-state index is 13.5. The Kier molecular flexibility index (Phi) is 10.2. The second-order valence-electron chi connectivity index (χ2n) is 10.5. The molecule has 2 aromatic rings. The van der Waals surface area contributed by atoms with Crippen LogP contribution in [0.15, 0.2) is 41.7 Å². The Hall–Kier alpha value is -3.69. The number of aromatic nitrogens is 2. The van der Waals surface area contributed by atoms with E-state index in [4.69, 9.17) is 16.2 Å². The highest BCUT2D eigenvalue weighted by Gasteiger charge is 2.39. The van der Waals surface area contributed by atoms with Crippen LogP contribution in [-0.2, 0) is 14.9 Å². The van der Waals surface area contributed by atoms with Crippen LogP contribution >= 0.6 is 0 Å². The van der Waals surface area contributed by atoms with Gasteiger partial charge in [-0.25, -0.2) is 14.8 Å². The smallest absolute Gasteiger partial charge is 0.410 e. The first-order chi connectivity index (χ1) is 17.8. The number of guanidine groups is 1. The topological polar surface area (TPSA) is 140 Å². The van der Waals surface area contributed by atoms with Crippen LogP contribution in [-0.4, -0.2) is 69.5 Å². The molecule has 2 heterocycles. The van der Waals surface area contributed by atoms with Gasteiger partial charge in [0.05, 0.1) is 5.41 Å². The summed E-state index contributed by atoms with van der Waals surface area (Å²) in [6, 6.07) is 7.71. The Morgan fingerprint density at radius 1 is 0.921 bits per heavy atom. The van der Waals surface area contributed by atoms with Crippen molar-refractivity contribution in [2.45, 2.75) is 66.4 Å². The van der Waals surface area contributed by atoms with Gasteiger partial charge in [0.15, 0.2) is 5.96 Å². The fourth-order valence-electron chi connectivity index (χ4n) is 3.94. The average molecular weight is 526 g/mol. The largest absolute Gasteiger partial charge is 0.444 e. The molecule has 1 atom stereocenters. The number of amides is 2. The van der Waals surface area contributed by atoms with Crippen molar-refractivity contribution in [1.29, 1.82) is 0 Å². The van der Waals surface area contributed by atoms with Gasteiger partial charge in [-0.15, -0.1) is 0 Å². The Morgan fingerprint density at radius 3 is 1.89 bits per heavy atom. The van der Waals surface area contributed by atoms with Crippen LogP contribution in [0.5, 0.6) is 0 Å². The van der Waals surface area contributed by atoms with Crippen molar-refractivity contribution >= 4 is 23.9 Å². The van der Waals surface area contributed by atoms with Gasteiger partial charge in [0.25, 0.3) is 5.91 Å². The number of rotatable bonds is 4. The SMILES string of the molecule is CC.CC(C)C(C)(C(=O)N=C(N)N1CCN(C(=O)OC(C)(C)C)CC1)c1ccc(-c2cnc(N)nc2)cc1. The minimum Gasteiger partial charge on any atom is -0.444 e. The second-order valence-corrected chi connectivity index (χ2v) is 10.5. The molecule has 1 fully saturated rings. The number of nitrogen functional groups attached to an aromatic ring is 1. The number of anilines is 1. The van der Waals surface area contributed by atoms with Crippen LogP contribution < -0.4 is 11.5 Å². The number of carbonyl (C=O) groups excluding carboxylic acids is 2. The van der Waals surface area contributed by atoms with E-state index in [0.29, 0.717) is 26.2 Å². The van der Waals surface area contributed by atoms with Crippen molar-refractivity contribution in [2.24, 2.45) is 16.6 Å². The molecule has 0 bridgehead atoms. The molecule has 1 aromatic carbocycles. The Balaban J connectivity index is 0.00000247. The van der Waals surface area contributed by atoms with Gasteiger partial charge in [0, 0.05) is 44.1 Å². The fraction of sp³-hybridized carbons (Fsp3) is 0.536. The zero-order valence-corrected chi connectivity index (χ0v) is 24.0. The Morgan fingerprint density at radius 2 is 1.42 bits per heavy atom. The highest BCUT2D eigenvalue weighted by atomic mass is 16.6. The van der Waals surface area contributed by atoms with Crippen LogP contribution in [0.1, 0.15) is 61.0 Å². The third kappa shape index (κ3) is 7.43. The highest BCUT2D eigenvalue weighted by Crippen LogP contribution is 2.35. The summed E-state index contributed by atoms with van der Waals surface area (Å²) >= 11 is 0. The maximum absolute atomic E-state index is 13.5. The molecule has 208 valence electrons. The normalized spacial score (nSPS) is 15.9. The van der Waals surface area contributed by atoms with E-state index in [0.717, 1.165) is 16.7 Å². The van der Waals surface area contributed by atoms with Gasteiger partial charge >= 0.3 is 6.09 Å². The molecule has 1 unspecified atom stereocenters. The van der Waals surface area contributed by atoms with Crippen LogP contribution in [0.3, 0.4) is 0 Å². The zero-order valence-electron chi connectivity index (χ0n) is 24.0. The van der Waals surface area contributed by atoms with Crippen molar-refractivity contribution in [3.8, 4) is 11.1 Å². The minimum absolute atomic E-state index is 0.0312. The first-order valence-electron chi connectivity index (χ1n) is 13.1. The van der Waals surface area contributed by atoms with Gasteiger partial charge in [-0.1, -0.05) is 52.0 Å². The van der Waals surface area contributed by atoms with E-state index in [-0.39, 0.29) is 29.8 Å². The van der Waals surface area contributed by atoms with Crippen LogP contribution in [0.25, 0.3) is 11.1 Å². The van der Waals surface area contributed by atoms with Gasteiger partial charge in [-0.2, -0.15) is 4.99 Å². The maximum Gasteiger partial charge on any atom is 0.410 e. The molecule has 4 N–H and O–H groups in total. The fourth-order valence-corrected chi connectivity index (χ4v) is 3.94. The predicted octanol–water partition coefficient (Wildman–Crippen LogP) is 4.06. The quantitative estimate of drug-likeness (QED) is 0.450. The Labute approximate surface area is 226 Å². The van der Waals surface area contributed by atoms with E-state index in [9.17, 15) is 9.59 Å². The van der Waals surface area contributed by atoms with Gasteiger partial charge in [-0.3, -0.25) is 4.79 Å². The molecule has 38 heavy (non-hydrogen) atoms. The van der Waals surface area contributed by atoms with E-state index in [1.807, 2.05) is 84.6 Å². The first-order valence-corrected chi connectivity index (χ1v) is 13.1. The van der Waals surface area contributed by atoms with E-state index in [1.54, 1.807) is 17.3 Å². The molecule has 0 aliphatic carbocycles. The van der Waals surface area contributed by atoms with Crippen LogP contribution in [0, 0.1) is 5.92 Å². The monoisotopic (exact) mass is 525 g/mol. The molecule has 10 nitrogen and oxygen atoms in total. The highest BCUT2D eigenvalue weighted by molar-refractivity contribution is 5.98. The van der Waals surface area contributed by atoms with Crippen molar-refractivity contribution in [3.63, 3.8) is 0 Å². The van der Waals surface area contributed by atoms with Crippen molar-refractivity contribution < 1.29 is 14.3 Å². The molecule has 0 radical (unpaired) electrons. The number of aliphatic imine (C=N–C) groups is 1. The molecule has 0 saturated carbocycles. The minimum atomic E-state index is -0.876. The summed E-state index contributed by atoms with van der Waals surface area (Å²) in [5.74, 6) is 0.0332. The van der Waals surface area contributed by atoms with Crippen LogP contribution in [0.4, 0.5) is 10.7 Å². The summed E-state index contributed by atoms with van der Waals surface area (Å²) in [7, 11) is 0. The van der Waals surface area contributed by atoms with E-state index >= 15 is 0 Å². The summed E-state index contributed by atoms with van der Waals surface area (Å²) in [5, 5.41) is 0. The van der Waals surface area contributed by atoms with Gasteiger partial charge < -0.3 is 26.0 Å². The van der Waals surface area contributed by atoms with Crippen molar-refractivity contribution in [1.82, 2.24) is 19.8 Å². The first kappa shape index (κ1) is 30.5. The van der Waals surface area contributed by atoms with Gasteiger partial charge in [0.1, 0.15) is 5.60 Å². The Bertz CT molecular complexity index is 1100. The number of nitrogens with two attached hydrogens (primary N) is 2. The molecule has 3 rings (SSSR count).